The second kappa shape index (κ2) is 5.00. The van der Waals surface area contributed by atoms with Crippen molar-refractivity contribution in [3.8, 4) is 0 Å². The first-order valence-electron chi connectivity index (χ1n) is 4.80. The van der Waals surface area contributed by atoms with Crippen molar-refractivity contribution >= 4 is 5.97 Å². The molecule has 3 heteroatoms. The maximum atomic E-state index is 12.5. The van der Waals surface area contributed by atoms with Crippen molar-refractivity contribution in [1.82, 2.24) is 0 Å². The molecule has 0 aromatic carbocycles. The summed E-state index contributed by atoms with van der Waals surface area (Å²) in [5.74, 6) is -1.54. The number of rotatable bonds is 4. The Morgan fingerprint density at radius 3 is 3.00 bits per heavy atom. The zero-order valence-electron chi connectivity index (χ0n) is 7.88. The Morgan fingerprint density at radius 2 is 2.38 bits per heavy atom. The van der Waals surface area contributed by atoms with Crippen molar-refractivity contribution in [3.05, 3.63) is 11.9 Å². The van der Waals surface area contributed by atoms with Crippen molar-refractivity contribution in [2.75, 3.05) is 0 Å². The molecule has 1 aliphatic heterocycles. The van der Waals surface area contributed by atoms with Gasteiger partial charge in [0.05, 0.1) is 0 Å². The minimum Gasteiger partial charge on any atom is -0.457 e. The Hall–Kier alpha value is -0.860. The summed E-state index contributed by atoms with van der Waals surface area (Å²) < 4.78 is 17.4. The molecule has 2 nitrogen and oxygen atoms in total. The van der Waals surface area contributed by atoms with Crippen LogP contribution in [0.25, 0.3) is 0 Å². The van der Waals surface area contributed by atoms with Gasteiger partial charge in [-0.25, -0.2) is 4.79 Å². The number of carbonyl (C=O) groups is 1. The van der Waals surface area contributed by atoms with E-state index in [1.807, 2.05) is 0 Å². The van der Waals surface area contributed by atoms with E-state index in [1.54, 1.807) is 0 Å². The van der Waals surface area contributed by atoms with Crippen LogP contribution in [0.15, 0.2) is 11.9 Å². The molecule has 0 bridgehead atoms. The second-order valence-corrected chi connectivity index (χ2v) is 3.31. The maximum Gasteiger partial charge on any atom is 0.367 e. The van der Waals surface area contributed by atoms with Crippen LogP contribution in [-0.4, -0.2) is 12.1 Å². The fraction of sp³-hybridized carbons (Fsp3) is 0.700. The van der Waals surface area contributed by atoms with E-state index in [4.69, 9.17) is 4.74 Å². The molecule has 0 aromatic heterocycles. The number of carbonyl (C=O) groups excluding carboxylic acids is 1. The minimum absolute atomic E-state index is 0.0986. The van der Waals surface area contributed by atoms with E-state index in [1.165, 1.54) is 6.08 Å². The molecule has 0 aliphatic carbocycles. The molecule has 1 unspecified atom stereocenters. The fourth-order valence-electron chi connectivity index (χ4n) is 1.37. The third-order valence-electron chi connectivity index (χ3n) is 2.16. The molecule has 0 aromatic rings. The Morgan fingerprint density at radius 1 is 1.62 bits per heavy atom. The summed E-state index contributed by atoms with van der Waals surface area (Å²) in [5.41, 5.74) is 0. The number of esters is 1. The lowest BCUT2D eigenvalue weighted by molar-refractivity contribution is -0.147. The standard InChI is InChI=1S/C10H15FO2/c1-2-3-4-5-8-6-7-9(11)10(12)13-8/h7-8H,2-6H2,1H3. The zero-order chi connectivity index (χ0) is 9.68. The fourth-order valence-corrected chi connectivity index (χ4v) is 1.37. The minimum atomic E-state index is -0.798. The molecule has 0 N–H and O–H groups in total. The van der Waals surface area contributed by atoms with E-state index < -0.39 is 11.8 Å². The molecule has 74 valence electrons. The van der Waals surface area contributed by atoms with Gasteiger partial charge in [-0.1, -0.05) is 19.8 Å². The smallest absolute Gasteiger partial charge is 0.367 e. The molecule has 0 spiro atoms. The van der Waals surface area contributed by atoms with Gasteiger partial charge >= 0.3 is 5.97 Å². The van der Waals surface area contributed by atoms with Gasteiger partial charge in [0.15, 0.2) is 0 Å². The molecular weight excluding hydrogens is 171 g/mol. The van der Waals surface area contributed by atoms with Crippen molar-refractivity contribution in [1.29, 1.82) is 0 Å². The summed E-state index contributed by atoms with van der Waals surface area (Å²) in [4.78, 5) is 10.8. The number of unbranched alkanes of at least 4 members (excludes halogenated alkanes) is 2. The normalized spacial score (nSPS) is 22.5. The SMILES string of the molecule is CCCCCC1CC=C(F)C(=O)O1. The Balaban J connectivity index is 2.27. The van der Waals surface area contributed by atoms with Gasteiger partial charge in [0.1, 0.15) is 6.10 Å². The van der Waals surface area contributed by atoms with Gasteiger partial charge in [0, 0.05) is 6.42 Å². The number of ether oxygens (including phenoxy) is 1. The molecule has 0 amide bonds. The molecule has 0 saturated heterocycles. The second-order valence-electron chi connectivity index (χ2n) is 3.31. The topological polar surface area (TPSA) is 26.3 Å². The first-order valence-corrected chi connectivity index (χ1v) is 4.80. The highest BCUT2D eigenvalue weighted by atomic mass is 19.1. The van der Waals surface area contributed by atoms with E-state index in [9.17, 15) is 9.18 Å². The molecular formula is C10H15FO2. The molecule has 0 fully saturated rings. The van der Waals surface area contributed by atoms with Gasteiger partial charge in [-0.15, -0.1) is 0 Å². The highest BCUT2D eigenvalue weighted by Gasteiger charge is 2.22. The third kappa shape index (κ3) is 3.17. The van der Waals surface area contributed by atoms with Gasteiger partial charge < -0.3 is 4.74 Å². The summed E-state index contributed by atoms with van der Waals surface area (Å²) in [6, 6.07) is 0. The first-order chi connectivity index (χ1) is 6.24. The van der Waals surface area contributed by atoms with E-state index in [0.717, 1.165) is 25.7 Å². The monoisotopic (exact) mass is 186 g/mol. The van der Waals surface area contributed by atoms with Crippen LogP contribution in [0.2, 0.25) is 0 Å². The lowest BCUT2D eigenvalue weighted by atomic mass is 10.1. The lowest BCUT2D eigenvalue weighted by Gasteiger charge is -2.19. The van der Waals surface area contributed by atoms with Gasteiger partial charge in [0.2, 0.25) is 5.83 Å². The quantitative estimate of drug-likeness (QED) is 0.498. The molecule has 0 saturated carbocycles. The van der Waals surface area contributed by atoms with E-state index in [-0.39, 0.29) is 6.10 Å². The van der Waals surface area contributed by atoms with Crippen molar-refractivity contribution in [3.63, 3.8) is 0 Å². The molecule has 1 aliphatic rings. The van der Waals surface area contributed by atoms with E-state index in [2.05, 4.69) is 6.92 Å². The third-order valence-corrected chi connectivity index (χ3v) is 2.16. The average molecular weight is 186 g/mol. The number of halogens is 1. The van der Waals surface area contributed by atoms with Crippen molar-refractivity contribution in [2.24, 2.45) is 0 Å². The number of hydrogen-bond donors (Lipinski definition) is 0. The predicted octanol–water partition coefficient (Wildman–Crippen LogP) is 2.74. The summed E-state index contributed by atoms with van der Waals surface area (Å²) in [6.45, 7) is 2.12. The highest BCUT2D eigenvalue weighted by molar-refractivity contribution is 5.86. The van der Waals surface area contributed by atoms with Crippen LogP contribution >= 0.6 is 0 Å². The molecule has 13 heavy (non-hydrogen) atoms. The summed E-state index contributed by atoms with van der Waals surface area (Å²) in [5, 5.41) is 0. The first kappa shape index (κ1) is 10.2. The molecule has 1 heterocycles. The molecule has 0 radical (unpaired) electrons. The van der Waals surface area contributed by atoms with E-state index in [0.29, 0.717) is 6.42 Å². The van der Waals surface area contributed by atoms with Crippen LogP contribution < -0.4 is 0 Å². The molecule has 1 rings (SSSR count). The highest BCUT2D eigenvalue weighted by Crippen LogP contribution is 2.19. The van der Waals surface area contributed by atoms with Gasteiger partial charge in [-0.3, -0.25) is 0 Å². The zero-order valence-corrected chi connectivity index (χ0v) is 7.88. The number of hydrogen-bond acceptors (Lipinski definition) is 2. The van der Waals surface area contributed by atoms with Crippen LogP contribution in [0.3, 0.4) is 0 Å². The Bertz CT molecular complexity index is 211. The van der Waals surface area contributed by atoms with Gasteiger partial charge in [-0.2, -0.15) is 4.39 Å². The summed E-state index contributed by atoms with van der Waals surface area (Å²) >= 11 is 0. The van der Waals surface area contributed by atoms with Crippen molar-refractivity contribution < 1.29 is 13.9 Å². The number of cyclic esters (lactones) is 1. The van der Waals surface area contributed by atoms with Gasteiger partial charge in [-0.05, 0) is 18.9 Å². The van der Waals surface area contributed by atoms with Crippen LogP contribution in [0.4, 0.5) is 4.39 Å². The van der Waals surface area contributed by atoms with Crippen LogP contribution in [-0.2, 0) is 9.53 Å². The largest absolute Gasteiger partial charge is 0.457 e. The Kier molecular flexibility index (Phi) is 3.93. The van der Waals surface area contributed by atoms with E-state index >= 15 is 0 Å². The van der Waals surface area contributed by atoms with Crippen LogP contribution in [0, 0.1) is 0 Å². The Labute approximate surface area is 77.8 Å². The average Bonchev–Trinajstić information content (AvgIpc) is 2.12. The maximum absolute atomic E-state index is 12.5. The van der Waals surface area contributed by atoms with Crippen LogP contribution in [0.1, 0.15) is 39.0 Å². The predicted molar refractivity (Wildman–Crippen MR) is 47.8 cm³/mol. The molecule has 1 atom stereocenters. The van der Waals surface area contributed by atoms with Crippen molar-refractivity contribution in [2.45, 2.75) is 45.1 Å². The lowest BCUT2D eigenvalue weighted by Crippen LogP contribution is -2.22. The summed E-state index contributed by atoms with van der Waals surface area (Å²) in [7, 11) is 0. The van der Waals surface area contributed by atoms with Crippen LogP contribution in [0.5, 0.6) is 0 Å². The van der Waals surface area contributed by atoms with Gasteiger partial charge in [0.25, 0.3) is 0 Å². The summed E-state index contributed by atoms with van der Waals surface area (Å²) in [6.07, 6.45) is 5.93.